The number of amidine groups is 1. The molecule has 0 atom stereocenters. The van der Waals surface area contributed by atoms with Gasteiger partial charge in [-0.25, -0.2) is 0 Å². The summed E-state index contributed by atoms with van der Waals surface area (Å²) in [5, 5.41) is 15.3. The molecule has 112 valence electrons. The first kappa shape index (κ1) is 15.1. The molecule has 0 radical (unpaired) electrons. The number of aromatic nitrogens is 2. The minimum Gasteiger partial charge on any atom is -0.409 e. The van der Waals surface area contributed by atoms with E-state index in [0.717, 1.165) is 0 Å². The largest absolute Gasteiger partial charge is 0.409 e. The first-order valence-corrected chi connectivity index (χ1v) is 7.49. The molecule has 0 saturated heterocycles. The molecule has 0 saturated carbocycles. The Hall–Kier alpha value is -2.26. The van der Waals surface area contributed by atoms with E-state index in [-0.39, 0.29) is 21.6 Å². The average Bonchev–Trinajstić information content (AvgIpc) is 2.87. The smallest absolute Gasteiger partial charge is 0.279 e. The normalized spacial score (nSPS) is 12.4. The molecule has 10 heteroatoms. The van der Waals surface area contributed by atoms with Gasteiger partial charge in [0.2, 0.25) is 0 Å². The molecule has 2 rings (SSSR count). The van der Waals surface area contributed by atoms with Gasteiger partial charge in [-0.3, -0.25) is 9.40 Å². The Morgan fingerprint density at radius 3 is 2.71 bits per heavy atom. The highest BCUT2D eigenvalue weighted by molar-refractivity contribution is 7.92. The van der Waals surface area contributed by atoms with Crippen LogP contribution in [0.3, 0.4) is 0 Å². The Kier molecular flexibility index (Phi) is 4.05. The van der Waals surface area contributed by atoms with Crippen LogP contribution < -0.4 is 10.5 Å². The lowest BCUT2D eigenvalue weighted by Gasteiger charge is -2.10. The zero-order valence-corrected chi connectivity index (χ0v) is 12.4. The first-order valence-electron chi connectivity index (χ1n) is 5.63. The van der Waals surface area contributed by atoms with Crippen molar-refractivity contribution in [1.29, 1.82) is 0 Å². The molecule has 0 bridgehead atoms. The molecular formula is C11H12ClN5O3S. The van der Waals surface area contributed by atoms with E-state index >= 15 is 0 Å². The van der Waals surface area contributed by atoms with Crippen molar-refractivity contribution in [3.63, 3.8) is 0 Å². The minimum atomic E-state index is -3.81. The number of oxime groups is 1. The summed E-state index contributed by atoms with van der Waals surface area (Å²) < 4.78 is 28.0. The number of aryl methyl sites for hydroxylation is 1. The second-order valence-electron chi connectivity index (χ2n) is 4.08. The van der Waals surface area contributed by atoms with Crippen LogP contribution >= 0.6 is 11.6 Å². The molecule has 1 heterocycles. The summed E-state index contributed by atoms with van der Waals surface area (Å²) in [6.07, 6.45) is 1.37. The molecule has 0 fully saturated rings. The molecule has 4 N–H and O–H groups in total. The van der Waals surface area contributed by atoms with Crippen LogP contribution in [0.2, 0.25) is 5.02 Å². The Morgan fingerprint density at radius 2 is 2.19 bits per heavy atom. The van der Waals surface area contributed by atoms with Crippen LogP contribution in [0.1, 0.15) is 5.56 Å². The lowest BCUT2D eigenvalue weighted by molar-refractivity contribution is 0.318. The van der Waals surface area contributed by atoms with E-state index in [2.05, 4.69) is 15.0 Å². The van der Waals surface area contributed by atoms with Crippen LogP contribution in [-0.2, 0) is 17.1 Å². The Labute approximate surface area is 125 Å². The van der Waals surface area contributed by atoms with Crippen molar-refractivity contribution in [2.75, 3.05) is 4.72 Å². The first-order chi connectivity index (χ1) is 9.85. The van der Waals surface area contributed by atoms with Crippen molar-refractivity contribution < 1.29 is 13.6 Å². The van der Waals surface area contributed by atoms with Gasteiger partial charge in [0.15, 0.2) is 10.9 Å². The third-order valence-corrected chi connectivity index (χ3v) is 4.42. The van der Waals surface area contributed by atoms with Crippen molar-refractivity contribution in [1.82, 2.24) is 9.78 Å². The lowest BCUT2D eigenvalue weighted by Crippen LogP contribution is -2.17. The molecule has 2 aromatic rings. The molecule has 0 aliphatic heterocycles. The highest BCUT2D eigenvalue weighted by atomic mass is 35.5. The van der Waals surface area contributed by atoms with Crippen LogP contribution in [0.5, 0.6) is 0 Å². The topological polar surface area (TPSA) is 123 Å². The van der Waals surface area contributed by atoms with E-state index in [1.54, 1.807) is 0 Å². The van der Waals surface area contributed by atoms with E-state index in [1.165, 1.54) is 42.2 Å². The SMILES string of the molecule is Cn1nccc1S(=O)(=O)Nc1ccc(/C(N)=N/O)cc1Cl. The van der Waals surface area contributed by atoms with Gasteiger partial charge in [0.1, 0.15) is 0 Å². The van der Waals surface area contributed by atoms with E-state index in [4.69, 9.17) is 22.5 Å². The maximum absolute atomic E-state index is 12.2. The van der Waals surface area contributed by atoms with Gasteiger partial charge in [-0.15, -0.1) is 0 Å². The van der Waals surface area contributed by atoms with E-state index in [0.29, 0.717) is 5.56 Å². The fraction of sp³-hybridized carbons (Fsp3) is 0.0909. The number of nitrogens with zero attached hydrogens (tertiary/aromatic N) is 3. The van der Waals surface area contributed by atoms with Gasteiger partial charge in [-0.2, -0.15) is 13.5 Å². The molecular weight excluding hydrogens is 318 g/mol. The number of rotatable bonds is 4. The second kappa shape index (κ2) is 5.62. The fourth-order valence-electron chi connectivity index (χ4n) is 1.64. The standard InChI is InChI=1S/C11H12ClN5O3S/c1-17-10(4-5-14-17)21(19,20)16-9-3-2-7(6-8(9)12)11(13)15-18/h2-6,16,18H,1H3,(H2,13,15). The average molecular weight is 330 g/mol. The zero-order chi connectivity index (χ0) is 15.6. The van der Waals surface area contributed by atoms with Gasteiger partial charge >= 0.3 is 0 Å². The number of sulfonamides is 1. The van der Waals surface area contributed by atoms with Crippen LogP contribution in [0, 0.1) is 0 Å². The number of benzene rings is 1. The van der Waals surface area contributed by atoms with Gasteiger partial charge in [-0.05, 0) is 24.3 Å². The van der Waals surface area contributed by atoms with Crippen molar-refractivity contribution in [2.24, 2.45) is 17.9 Å². The summed E-state index contributed by atoms with van der Waals surface area (Å²) in [5.41, 5.74) is 5.97. The van der Waals surface area contributed by atoms with Crippen molar-refractivity contribution >= 4 is 33.1 Å². The number of nitrogens with two attached hydrogens (primary N) is 1. The molecule has 1 aromatic carbocycles. The van der Waals surface area contributed by atoms with Crippen LogP contribution in [0.4, 0.5) is 5.69 Å². The number of nitrogens with one attached hydrogen (secondary N) is 1. The maximum atomic E-state index is 12.2. The number of anilines is 1. The molecule has 8 nitrogen and oxygen atoms in total. The van der Waals surface area contributed by atoms with Crippen LogP contribution in [0.25, 0.3) is 0 Å². The molecule has 0 spiro atoms. The van der Waals surface area contributed by atoms with Crippen LogP contribution in [-0.4, -0.2) is 29.2 Å². The predicted octanol–water partition coefficient (Wildman–Crippen LogP) is 0.969. The maximum Gasteiger partial charge on any atom is 0.279 e. The highest BCUT2D eigenvalue weighted by Gasteiger charge is 2.19. The Morgan fingerprint density at radius 1 is 1.48 bits per heavy atom. The monoisotopic (exact) mass is 329 g/mol. The summed E-state index contributed by atoms with van der Waals surface area (Å²) in [6.45, 7) is 0. The minimum absolute atomic E-state index is 0.000854. The highest BCUT2D eigenvalue weighted by Crippen LogP contribution is 2.25. The predicted molar refractivity (Wildman–Crippen MR) is 78.0 cm³/mol. The molecule has 0 unspecified atom stereocenters. The van der Waals surface area contributed by atoms with Gasteiger partial charge in [0.05, 0.1) is 16.9 Å². The third-order valence-electron chi connectivity index (χ3n) is 2.67. The molecule has 0 amide bonds. The molecule has 21 heavy (non-hydrogen) atoms. The molecule has 0 aliphatic rings. The number of halogens is 1. The third kappa shape index (κ3) is 3.09. The van der Waals surface area contributed by atoms with Crippen LogP contribution in [0.15, 0.2) is 40.6 Å². The summed E-state index contributed by atoms with van der Waals surface area (Å²) in [5.74, 6) is -0.127. The number of hydrogen-bond donors (Lipinski definition) is 3. The quantitative estimate of drug-likeness (QED) is 0.334. The summed E-state index contributed by atoms with van der Waals surface area (Å²) in [7, 11) is -2.30. The second-order valence-corrected chi connectivity index (χ2v) is 6.11. The van der Waals surface area contributed by atoms with E-state index < -0.39 is 10.0 Å². The van der Waals surface area contributed by atoms with Crippen molar-refractivity contribution in [3.05, 3.63) is 41.0 Å². The molecule has 0 aliphatic carbocycles. The van der Waals surface area contributed by atoms with Gasteiger partial charge in [-0.1, -0.05) is 16.8 Å². The lowest BCUT2D eigenvalue weighted by atomic mass is 10.2. The summed E-state index contributed by atoms with van der Waals surface area (Å²) in [4.78, 5) is 0. The number of hydrogen-bond acceptors (Lipinski definition) is 5. The van der Waals surface area contributed by atoms with Crippen molar-refractivity contribution in [3.8, 4) is 0 Å². The van der Waals surface area contributed by atoms with E-state index in [9.17, 15) is 8.42 Å². The Balaban J connectivity index is 2.35. The van der Waals surface area contributed by atoms with Gasteiger partial charge < -0.3 is 10.9 Å². The van der Waals surface area contributed by atoms with Gasteiger partial charge in [0.25, 0.3) is 10.0 Å². The zero-order valence-electron chi connectivity index (χ0n) is 10.9. The van der Waals surface area contributed by atoms with Crippen molar-refractivity contribution in [2.45, 2.75) is 5.03 Å². The summed E-state index contributed by atoms with van der Waals surface area (Å²) in [6, 6.07) is 5.64. The Bertz CT molecular complexity index is 800. The van der Waals surface area contributed by atoms with Gasteiger partial charge in [0, 0.05) is 12.6 Å². The summed E-state index contributed by atoms with van der Waals surface area (Å²) >= 11 is 6.00. The molecule has 1 aromatic heterocycles. The fourth-order valence-corrected chi connectivity index (χ4v) is 3.13. The van der Waals surface area contributed by atoms with E-state index in [1.807, 2.05) is 0 Å².